The molecule has 8 heteroatoms. The minimum Gasteiger partial charge on any atom is -0.343 e. The lowest BCUT2D eigenvalue weighted by molar-refractivity contribution is 0.0950. The van der Waals surface area contributed by atoms with Gasteiger partial charge >= 0.3 is 0 Å². The molecule has 2 aromatic carbocycles. The molecule has 0 amide bonds. The Labute approximate surface area is 302 Å². The summed E-state index contributed by atoms with van der Waals surface area (Å²) in [6, 6.07) is 14.3. The fraction of sp³-hybridized carbons (Fsp3) is 0.395. The van der Waals surface area contributed by atoms with E-state index in [0.29, 0.717) is 71.2 Å². The molecule has 0 bridgehead atoms. The first-order valence-electron chi connectivity index (χ1n) is 18.9. The molecule has 0 N–H and O–H groups in total. The van der Waals surface area contributed by atoms with E-state index in [0.717, 1.165) is 57.2 Å². The fourth-order valence-corrected chi connectivity index (χ4v) is 7.53. The summed E-state index contributed by atoms with van der Waals surface area (Å²) < 4.78 is 0. The molecule has 0 atom stereocenters. The van der Waals surface area contributed by atoms with Gasteiger partial charge in [-0.15, -0.1) is 0 Å². The molecule has 0 spiro atoms. The van der Waals surface area contributed by atoms with Crippen LogP contribution in [0.4, 0.5) is 0 Å². The van der Waals surface area contributed by atoms with Crippen LogP contribution < -0.4 is 0 Å². The lowest BCUT2D eigenvalue weighted by atomic mass is 9.90. The number of hydrogen-bond donors (Lipinski definition) is 0. The van der Waals surface area contributed by atoms with Crippen LogP contribution in [0.2, 0.25) is 0 Å². The summed E-state index contributed by atoms with van der Waals surface area (Å²) in [5.74, 6) is 0.457. The number of benzene rings is 2. The predicted molar refractivity (Wildman–Crippen MR) is 201 cm³/mol. The van der Waals surface area contributed by atoms with Gasteiger partial charge in [0.25, 0.3) is 0 Å². The second kappa shape index (κ2) is 15.9. The van der Waals surface area contributed by atoms with Crippen molar-refractivity contribution in [3.8, 4) is 0 Å². The molecule has 0 saturated carbocycles. The summed E-state index contributed by atoms with van der Waals surface area (Å²) in [6.45, 7) is 11.1. The molecule has 2 aliphatic heterocycles. The van der Waals surface area contributed by atoms with E-state index in [2.05, 4.69) is 43.6 Å². The number of nitrogens with zero attached hydrogens (tertiary/aromatic N) is 4. The summed E-state index contributed by atoms with van der Waals surface area (Å²) in [5.41, 5.74) is 3.87. The lowest BCUT2D eigenvalue weighted by Crippen LogP contribution is -2.40. The Balaban J connectivity index is 1.33. The molecule has 0 fully saturated rings. The molecule has 2 aliphatic carbocycles. The predicted octanol–water partition coefficient (Wildman–Crippen LogP) is 8.28. The number of carbonyl (C=O) groups excluding carboxylic acids is 4. The number of fused-ring (bicyclic) bond motifs is 2. The number of Topliss-reactive ketones (excluding diaryl/α,β-unsaturated/α-hetero) is 4. The van der Waals surface area contributed by atoms with E-state index < -0.39 is 0 Å². The van der Waals surface area contributed by atoms with Crippen LogP contribution in [-0.4, -0.2) is 75.1 Å². The molecular formula is C43H50N4O4. The second-order valence-electron chi connectivity index (χ2n) is 13.6. The molecule has 2 aromatic rings. The molecule has 2 heterocycles. The average molecular weight is 687 g/mol. The third-order valence-corrected chi connectivity index (χ3v) is 10.2. The van der Waals surface area contributed by atoms with E-state index in [9.17, 15) is 19.2 Å². The molecule has 266 valence electrons. The highest BCUT2D eigenvalue weighted by Gasteiger charge is 2.47. The van der Waals surface area contributed by atoms with Gasteiger partial charge < -0.3 is 19.6 Å². The van der Waals surface area contributed by atoms with Crippen LogP contribution in [-0.2, 0) is 0 Å². The number of rotatable bonds is 15. The average Bonchev–Trinajstić information content (AvgIpc) is 3.64. The Morgan fingerprint density at radius 3 is 1.25 bits per heavy atom. The van der Waals surface area contributed by atoms with E-state index in [1.54, 1.807) is 24.3 Å². The Morgan fingerprint density at radius 2 is 0.863 bits per heavy atom. The highest BCUT2D eigenvalue weighted by molar-refractivity contribution is 6.28. The molecular weight excluding hydrogens is 636 g/mol. The van der Waals surface area contributed by atoms with Crippen LogP contribution >= 0.6 is 0 Å². The van der Waals surface area contributed by atoms with Crippen molar-refractivity contribution in [2.24, 2.45) is 0 Å². The molecule has 0 aromatic heterocycles. The minimum absolute atomic E-state index is 0.0859. The van der Waals surface area contributed by atoms with Gasteiger partial charge in [0.2, 0.25) is 23.1 Å². The van der Waals surface area contributed by atoms with Gasteiger partial charge in [-0.1, -0.05) is 120 Å². The third kappa shape index (κ3) is 6.52. The number of hydrogen-bond acceptors (Lipinski definition) is 8. The maximum absolute atomic E-state index is 14.0. The highest BCUT2D eigenvalue weighted by atomic mass is 16.2. The first kappa shape index (κ1) is 35.8. The maximum Gasteiger partial charge on any atom is 0.212 e. The van der Waals surface area contributed by atoms with Crippen LogP contribution in [0.3, 0.4) is 0 Å². The van der Waals surface area contributed by atoms with Crippen molar-refractivity contribution in [3.05, 3.63) is 130 Å². The largest absolute Gasteiger partial charge is 0.343 e. The fourth-order valence-electron chi connectivity index (χ4n) is 7.53. The number of carbonyl (C=O) groups is 4. The lowest BCUT2D eigenvalue weighted by Gasteiger charge is -2.32. The summed E-state index contributed by atoms with van der Waals surface area (Å²) in [6.07, 6.45) is 17.1. The SMILES string of the molecule is CCCCN1C(=CC=CC=CC2N(CCCC)C3=C(C(=O)c4ccccc4C3=O)N2CCCC)N(CCCC)C2=C1C(=O)c1ccccc1C2=O. The molecule has 0 unspecified atom stereocenters. The van der Waals surface area contributed by atoms with E-state index >= 15 is 0 Å². The van der Waals surface area contributed by atoms with Crippen molar-refractivity contribution in [2.45, 2.75) is 85.2 Å². The van der Waals surface area contributed by atoms with Gasteiger partial charge in [0.05, 0.1) is 0 Å². The van der Waals surface area contributed by atoms with Gasteiger partial charge in [0.1, 0.15) is 34.8 Å². The monoisotopic (exact) mass is 686 g/mol. The molecule has 0 saturated heterocycles. The Kier molecular flexibility index (Phi) is 11.2. The number of allylic oxidation sites excluding steroid dienone is 8. The normalized spacial score (nSPS) is 17.5. The van der Waals surface area contributed by atoms with Crippen molar-refractivity contribution < 1.29 is 19.2 Å². The van der Waals surface area contributed by atoms with Crippen molar-refractivity contribution in [3.63, 3.8) is 0 Å². The van der Waals surface area contributed by atoms with Gasteiger partial charge in [-0.05, 0) is 37.8 Å². The van der Waals surface area contributed by atoms with Crippen LogP contribution in [0.5, 0.6) is 0 Å². The Morgan fingerprint density at radius 1 is 0.490 bits per heavy atom. The topological polar surface area (TPSA) is 81.2 Å². The van der Waals surface area contributed by atoms with Gasteiger partial charge in [-0.2, -0.15) is 0 Å². The maximum atomic E-state index is 14.0. The summed E-state index contributed by atoms with van der Waals surface area (Å²) in [4.78, 5) is 64.1. The van der Waals surface area contributed by atoms with Crippen LogP contribution in [0.1, 0.15) is 120 Å². The zero-order valence-corrected chi connectivity index (χ0v) is 30.5. The standard InChI is InChI=1S/C43H50N4O4/c1-5-9-26-44-34(45(27-10-6-2)37-36(44)40(48)30-20-16-17-21-31(30)41(37)49)24-14-13-15-25-35-46(28-11-7-3)38-39(47(35)29-12-8-4)43(51)33-23-19-18-22-32(33)42(38)50/h13-25,34H,5-12,26-29H2,1-4H3. The van der Waals surface area contributed by atoms with E-state index in [-0.39, 0.29) is 29.3 Å². The molecule has 6 rings (SSSR count). The zero-order valence-electron chi connectivity index (χ0n) is 30.5. The number of ketones is 4. The first-order chi connectivity index (χ1) is 24.9. The van der Waals surface area contributed by atoms with Gasteiger partial charge in [-0.3, -0.25) is 19.2 Å². The van der Waals surface area contributed by atoms with E-state index in [1.165, 1.54) is 0 Å². The van der Waals surface area contributed by atoms with Gasteiger partial charge in [0.15, 0.2) is 0 Å². The first-order valence-corrected chi connectivity index (χ1v) is 18.9. The van der Waals surface area contributed by atoms with E-state index in [4.69, 9.17) is 0 Å². The van der Waals surface area contributed by atoms with Crippen molar-refractivity contribution in [1.82, 2.24) is 19.6 Å². The second-order valence-corrected chi connectivity index (χ2v) is 13.6. The highest BCUT2D eigenvalue weighted by Crippen LogP contribution is 2.41. The summed E-state index contributed by atoms with van der Waals surface area (Å²) in [7, 11) is 0. The van der Waals surface area contributed by atoms with Crippen LogP contribution in [0.25, 0.3) is 0 Å². The smallest absolute Gasteiger partial charge is 0.212 e. The van der Waals surface area contributed by atoms with Crippen molar-refractivity contribution in [2.75, 3.05) is 26.2 Å². The molecule has 4 aliphatic rings. The summed E-state index contributed by atoms with van der Waals surface area (Å²) in [5, 5.41) is 0. The van der Waals surface area contributed by atoms with Crippen LogP contribution in [0, 0.1) is 0 Å². The third-order valence-electron chi connectivity index (χ3n) is 10.2. The minimum atomic E-state index is -0.274. The van der Waals surface area contributed by atoms with E-state index in [1.807, 2.05) is 58.4 Å². The molecule has 0 radical (unpaired) electrons. The molecule has 8 nitrogen and oxygen atoms in total. The quantitative estimate of drug-likeness (QED) is 0.173. The zero-order chi connectivity index (χ0) is 36.1. The Bertz CT molecular complexity index is 1750. The van der Waals surface area contributed by atoms with Gasteiger partial charge in [0, 0.05) is 48.4 Å². The van der Waals surface area contributed by atoms with Gasteiger partial charge in [-0.25, -0.2) is 0 Å². The van der Waals surface area contributed by atoms with Crippen molar-refractivity contribution in [1.29, 1.82) is 0 Å². The van der Waals surface area contributed by atoms with Crippen LogP contribution in [0.15, 0.2) is 108 Å². The number of unbranched alkanes of at least 4 members (excludes halogenated alkanes) is 4. The Hall–Kier alpha value is -4.98. The van der Waals surface area contributed by atoms with Crippen molar-refractivity contribution >= 4 is 23.1 Å². The summed E-state index contributed by atoms with van der Waals surface area (Å²) >= 11 is 0. The molecule has 51 heavy (non-hydrogen) atoms.